The van der Waals surface area contributed by atoms with Crippen LogP contribution in [0.1, 0.15) is 26.3 Å². The van der Waals surface area contributed by atoms with Gasteiger partial charge in [0.25, 0.3) is 0 Å². The lowest BCUT2D eigenvalue weighted by Crippen LogP contribution is -2.61. The summed E-state index contributed by atoms with van der Waals surface area (Å²) in [5, 5.41) is 9.73. The first kappa shape index (κ1) is 22.3. The van der Waals surface area contributed by atoms with Crippen LogP contribution in [0.3, 0.4) is 0 Å². The highest BCUT2D eigenvalue weighted by Gasteiger charge is 2.38. The Balaban J connectivity index is 1.59. The SMILES string of the molecule is CB(O)N1CCN(CC(=O)N2CCN(Cc3ccccc3)C[C@@H]2C(C)(C)C)CC1. The minimum absolute atomic E-state index is 0.0377. The number of nitrogens with zero attached hydrogens (tertiary/aromatic N) is 4. The summed E-state index contributed by atoms with van der Waals surface area (Å²) in [6.07, 6.45) is 0. The molecule has 2 fully saturated rings. The van der Waals surface area contributed by atoms with E-state index in [9.17, 15) is 9.82 Å². The van der Waals surface area contributed by atoms with Crippen molar-refractivity contribution in [3.63, 3.8) is 0 Å². The van der Waals surface area contributed by atoms with E-state index in [2.05, 4.69) is 70.6 Å². The fourth-order valence-corrected chi connectivity index (χ4v) is 4.44. The van der Waals surface area contributed by atoms with E-state index in [0.717, 1.165) is 52.4 Å². The van der Waals surface area contributed by atoms with Crippen LogP contribution in [0.15, 0.2) is 30.3 Å². The lowest BCUT2D eigenvalue weighted by atomic mass is 9.83. The zero-order chi connectivity index (χ0) is 21.0. The van der Waals surface area contributed by atoms with Crippen molar-refractivity contribution >= 4 is 13.0 Å². The maximum absolute atomic E-state index is 13.2. The smallest absolute Gasteiger partial charge is 0.376 e. The Kier molecular flexibility index (Phi) is 7.38. The molecule has 2 aliphatic heterocycles. The molecular weight excluding hydrogens is 363 g/mol. The molecule has 7 heteroatoms. The minimum atomic E-state index is -0.407. The van der Waals surface area contributed by atoms with E-state index in [-0.39, 0.29) is 17.4 Å². The highest BCUT2D eigenvalue weighted by atomic mass is 16.2. The average Bonchev–Trinajstić information content (AvgIpc) is 2.68. The van der Waals surface area contributed by atoms with Crippen LogP contribution in [0.25, 0.3) is 0 Å². The number of amides is 1. The second-order valence-electron chi connectivity index (χ2n) is 9.63. The minimum Gasteiger partial charge on any atom is -0.437 e. The molecular formula is C22H37BN4O2. The Morgan fingerprint density at radius 1 is 1.03 bits per heavy atom. The largest absolute Gasteiger partial charge is 0.437 e. The van der Waals surface area contributed by atoms with Gasteiger partial charge in [0.2, 0.25) is 5.91 Å². The van der Waals surface area contributed by atoms with Gasteiger partial charge in [0.15, 0.2) is 0 Å². The highest BCUT2D eigenvalue weighted by molar-refractivity contribution is 6.45. The summed E-state index contributed by atoms with van der Waals surface area (Å²) >= 11 is 0. The Hall–Kier alpha value is -1.41. The van der Waals surface area contributed by atoms with E-state index in [0.29, 0.717) is 6.54 Å². The molecule has 1 aromatic rings. The molecule has 0 saturated carbocycles. The second-order valence-corrected chi connectivity index (χ2v) is 9.63. The van der Waals surface area contributed by atoms with Crippen LogP contribution < -0.4 is 0 Å². The lowest BCUT2D eigenvalue weighted by Gasteiger charge is -2.48. The van der Waals surface area contributed by atoms with Gasteiger partial charge in [-0.3, -0.25) is 14.6 Å². The molecule has 0 bridgehead atoms. The summed E-state index contributed by atoms with van der Waals surface area (Å²) in [6.45, 7) is 15.9. The quantitative estimate of drug-likeness (QED) is 0.759. The topological polar surface area (TPSA) is 50.3 Å². The number of benzene rings is 1. The molecule has 1 amide bonds. The van der Waals surface area contributed by atoms with Crippen molar-refractivity contribution in [3.05, 3.63) is 35.9 Å². The summed E-state index contributed by atoms with van der Waals surface area (Å²) in [5.74, 6) is 0.245. The molecule has 1 aromatic carbocycles. The molecule has 0 aromatic heterocycles. The van der Waals surface area contributed by atoms with Crippen LogP contribution in [0.4, 0.5) is 0 Å². The van der Waals surface area contributed by atoms with Gasteiger partial charge in [-0.2, -0.15) is 0 Å². The Morgan fingerprint density at radius 3 is 2.24 bits per heavy atom. The molecule has 2 saturated heterocycles. The van der Waals surface area contributed by atoms with Crippen molar-refractivity contribution in [2.45, 2.75) is 40.2 Å². The normalized spacial score (nSPS) is 22.7. The van der Waals surface area contributed by atoms with E-state index in [1.54, 1.807) is 0 Å². The lowest BCUT2D eigenvalue weighted by molar-refractivity contribution is -0.141. The molecule has 3 rings (SSSR count). The van der Waals surface area contributed by atoms with Gasteiger partial charge in [0, 0.05) is 58.4 Å². The zero-order valence-corrected chi connectivity index (χ0v) is 18.5. The molecule has 0 aliphatic carbocycles. The number of piperazine rings is 2. The molecule has 0 unspecified atom stereocenters. The first-order chi connectivity index (χ1) is 13.7. The van der Waals surface area contributed by atoms with E-state index >= 15 is 0 Å². The Bertz CT molecular complexity index is 657. The predicted octanol–water partition coefficient (Wildman–Crippen LogP) is 1.47. The number of hydrogen-bond acceptors (Lipinski definition) is 5. The van der Waals surface area contributed by atoms with Crippen molar-refractivity contribution < 1.29 is 9.82 Å². The van der Waals surface area contributed by atoms with Crippen molar-refractivity contribution in [1.29, 1.82) is 0 Å². The van der Waals surface area contributed by atoms with Gasteiger partial charge < -0.3 is 14.7 Å². The average molecular weight is 400 g/mol. The number of hydrogen-bond donors (Lipinski definition) is 1. The second kappa shape index (κ2) is 9.60. The summed E-state index contributed by atoms with van der Waals surface area (Å²) < 4.78 is 0. The molecule has 1 N–H and O–H groups in total. The molecule has 0 spiro atoms. The maximum Gasteiger partial charge on any atom is 0.376 e. The van der Waals surface area contributed by atoms with Gasteiger partial charge >= 0.3 is 7.05 Å². The van der Waals surface area contributed by atoms with Gasteiger partial charge in [0.05, 0.1) is 6.54 Å². The molecule has 29 heavy (non-hydrogen) atoms. The summed E-state index contributed by atoms with van der Waals surface area (Å²) in [6, 6.07) is 10.8. The van der Waals surface area contributed by atoms with Crippen molar-refractivity contribution in [2.75, 3.05) is 52.4 Å². The van der Waals surface area contributed by atoms with Gasteiger partial charge in [-0.05, 0) is 17.8 Å². The third kappa shape index (κ3) is 6.04. The first-order valence-electron chi connectivity index (χ1n) is 10.9. The van der Waals surface area contributed by atoms with Crippen LogP contribution in [0.5, 0.6) is 0 Å². The van der Waals surface area contributed by atoms with E-state index in [1.807, 2.05) is 6.82 Å². The number of carbonyl (C=O) groups is 1. The van der Waals surface area contributed by atoms with Crippen LogP contribution in [0, 0.1) is 5.41 Å². The molecule has 0 radical (unpaired) electrons. The third-order valence-corrected chi connectivity index (χ3v) is 6.33. The maximum atomic E-state index is 13.2. The Labute approximate surface area is 176 Å². The fourth-order valence-electron chi connectivity index (χ4n) is 4.44. The van der Waals surface area contributed by atoms with Crippen LogP contribution in [-0.2, 0) is 11.3 Å². The van der Waals surface area contributed by atoms with Gasteiger partial charge in [0.1, 0.15) is 0 Å². The zero-order valence-electron chi connectivity index (χ0n) is 18.5. The van der Waals surface area contributed by atoms with Gasteiger partial charge in [-0.25, -0.2) is 0 Å². The molecule has 6 nitrogen and oxygen atoms in total. The summed E-state index contributed by atoms with van der Waals surface area (Å²) in [5.41, 5.74) is 1.37. The molecule has 2 heterocycles. The van der Waals surface area contributed by atoms with Crippen LogP contribution in [0.2, 0.25) is 6.82 Å². The van der Waals surface area contributed by atoms with E-state index in [1.165, 1.54) is 5.56 Å². The predicted molar refractivity (Wildman–Crippen MR) is 119 cm³/mol. The standard InChI is InChI=1S/C22H37BN4O2/c1-22(2,3)20-17-25(16-19-8-6-5-7-9-19)12-15-27(20)21(28)18-24-10-13-26(14-11-24)23(4)29/h5-9,20,29H,10-18H2,1-4H3/t20-/m1/s1. The highest BCUT2D eigenvalue weighted by Crippen LogP contribution is 2.28. The number of carbonyl (C=O) groups excluding carboxylic acids is 1. The van der Waals surface area contributed by atoms with Gasteiger partial charge in [-0.1, -0.05) is 51.1 Å². The molecule has 2 aliphatic rings. The summed E-state index contributed by atoms with van der Waals surface area (Å²) in [7, 11) is -0.407. The van der Waals surface area contributed by atoms with Crippen molar-refractivity contribution in [2.24, 2.45) is 5.41 Å². The van der Waals surface area contributed by atoms with E-state index < -0.39 is 7.05 Å². The van der Waals surface area contributed by atoms with Crippen LogP contribution >= 0.6 is 0 Å². The monoisotopic (exact) mass is 400 g/mol. The fraction of sp³-hybridized carbons (Fsp3) is 0.682. The van der Waals surface area contributed by atoms with Crippen LogP contribution in [-0.4, -0.2) is 95.9 Å². The third-order valence-electron chi connectivity index (χ3n) is 6.33. The Morgan fingerprint density at radius 2 is 1.66 bits per heavy atom. The number of rotatable bonds is 5. The van der Waals surface area contributed by atoms with E-state index in [4.69, 9.17) is 0 Å². The summed E-state index contributed by atoms with van der Waals surface area (Å²) in [4.78, 5) is 22.1. The first-order valence-corrected chi connectivity index (χ1v) is 10.9. The van der Waals surface area contributed by atoms with Gasteiger partial charge in [-0.15, -0.1) is 0 Å². The van der Waals surface area contributed by atoms with Crippen molar-refractivity contribution in [1.82, 2.24) is 19.5 Å². The molecule has 1 atom stereocenters. The molecule has 160 valence electrons. The van der Waals surface area contributed by atoms with Crippen molar-refractivity contribution in [3.8, 4) is 0 Å².